The first kappa shape index (κ1) is 80.8. The summed E-state index contributed by atoms with van der Waals surface area (Å²) in [6.07, 6.45) is 1.60. The van der Waals surface area contributed by atoms with Crippen molar-refractivity contribution in [2.45, 2.75) is 222 Å². The second-order valence-corrected chi connectivity index (χ2v) is 30.0. The lowest BCUT2D eigenvalue weighted by Gasteiger charge is -2.44. The predicted octanol–water partition coefficient (Wildman–Crippen LogP) is 5.14. The molecule has 2 unspecified atom stereocenters. The van der Waals surface area contributed by atoms with Crippen LogP contribution >= 0.6 is 11.6 Å². The third-order valence-corrected chi connectivity index (χ3v) is 22.6. The molecule has 2 bridgehead atoms. The van der Waals surface area contributed by atoms with E-state index in [4.69, 9.17) is 16.3 Å². The highest BCUT2D eigenvalue weighted by Gasteiger charge is 2.52. The maximum absolute atomic E-state index is 15.9. The zero-order valence-corrected chi connectivity index (χ0v) is 62.4. The van der Waals surface area contributed by atoms with E-state index in [0.717, 1.165) is 56.6 Å². The Balaban J connectivity index is 1.18. The number of carbonyl (C=O) groups excluding carboxylic acids is 12. The van der Waals surface area contributed by atoms with Gasteiger partial charge in [0.1, 0.15) is 47.8 Å². The third-order valence-electron chi connectivity index (χ3n) is 22.3. The van der Waals surface area contributed by atoms with E-state index in [1.165, 1.54) is 75.0 Å². The topological polar surface area (TPSA) is 279 Å². The van der Waals surface area contributed by atoms with Gasteiger partial charge >= 0.3 is 6.18 Å². The van der Waals surface area contributed by atoms with E-state index in [-0.39, 0.29) is 82.4 Å². The summed E-state index contributed by atoms with van der Waals surface area (Å²) < 4.78 is 47.6. The van der Waals surface area contributed by atoms with E-state index in [1.807, 2.05) is 32.9 Å². The molecule has 2 saturated carbocycles. The Hall–Kier alpha value is -7.88. The fourth-order valence-electron chi connectivity index (χ4n) is 15.7. The van der Waals surface area contributed by atoms with Gasteiger partial charge in [-0.15, -0.1) is 0 Å². The van der Waals surface area contributed by atoms with Gasteiger partial charge < -0.3 is 64.8 Å². The summed E-state index contributed by atoms with van der Waals surface area (Å²) >= 11 is 6.16. The first-order chi connectivity index (χ1) is 48.7. The van der Waals surface area contributed by atoms with Gasteiger partial charge in [0.05, 0.1) is 61.9 Å². The SMILES string of the molecule is CCC[C@H]1C(=O)N[C@@H]([C@@H](C)CC)C(=O)N(C)CC(=O)N(C)CC(=O)N(C)[C@@H](Cc2ccc(C)cc2)C(=O)N(C)CC(=O)N[C@@H](CCc2ccc(C(F)(F)F)c(Cl)c2)C(=O)N2CCC[C@H]2C(=O)NC2(CCCC2)C(=O)N(C)[C@@H](C2CCCCC2)C(=O)N(C)[C@H](C(=O)N2C3CCC2COC3)CC(=O)N1C. The number of hydrogen-bond donors (Lipinski definition) is 3. The number of likely N-dealkylation sites (N-methyl/N-ethyl adjacent to an activating group) is 7. The number of nitrogens with zero attached hydrogens (tertiary/aromatic N) is 9. The summed E-state index contributed by atoms with van der Waals surface area (Å²) in [6, 6.07) is 0.633. The average molecular weight is 1460 g/mol. The monoisotopic (exact) mass is 1460 g/mol. The predicted molar refractivity (Wildman–Crippen MR) is 377 cm³/mol. The Morgan fingerprint density at radius 2 is 1.25 bits per heavy atom. The number of benzene rings is 2. The largest absolute Gasteiger partial charge is 0.417 e. The fourth-order valence-corrected chi connectivity index (χ4v) is 16.1. The van der Waals surface area contributed by atoms with Gasteiger partial charge in [0.15, 0.2) is 0 Å². The maximum Gasteiger partial charge on any atom is 0.417 e. The molecule has 6 fully saturated rings. The molecule has 0 radical (unpaired) electrons. The van der Waals surface area contributed by atoms with Crippen LogP contribution in [0.5, 0.6) is 0 Å². The molecule has 568 valence electrons. The molecule has 2 aliphatic carbocycles. The van der Waals surface area contributed by atoms with Crippen LogP contribution in [0.1, 0.15) is 159 Å². The summed E-state index contributed by atoms with van der Waals surface area (Å²) in [5.74, 6) is -8.98. The second-order valence-electron chi connectivity index (χ2n) is 29.6. The van der Waals surface area contributed by atoms with Gasteiger partial charge in [-0.3, -0.25) is 57.5 Å². The summed E-state index contributed by atoms with van der Waals surface area (Å²) in [7, 11) is 9.83. The number of fused-ring (bicyclic) bond motifs is 3. The fraction of sp³-hybridized carbons (Fsp3) is 0.676. The van der Waals surface area contributed by atoms with Crippen LogP contribution in [0, 0.1) is 18.8 Å². The van der Waals surface area contributed by atoms with Crippen molar-refractivity contribution in [1.29, 1.82) is 0 Å². The van der Waals surface area contributed by atoms with Gasteiger partial charge in [-0.1, -0.05) is 113 Å². The maximum atomic E-state index is 15.9. The van der Waals surface area contributed by atoms with Gasteiger partial charge in [0.2, 0.25) is 70.9 Å². The summed E-state index contributed by atoms with van der Waals surface area (Å²) in [5.41, 5.74) is -0.839. The van der Waals surface area contributed by atoms with Crippen molar-refractivity contribution in [2.24, 2.45) is 11.8 Å². The van der Waals surface area contributed by atoms with E-state index in [9.17, 15) is 41.9 Å². The molecule has 8 rings (SSSR count). The summed E-state index contributed by atoms with van der Waals surface area (Å²) in [4.78, 5) is 192. The molecule has 25 nitrogen and oxygen atoms in total. The number of aryl methyl sites for hydroxylation is 2. The van der Waals surface area contributed by atoms with Crippen molar-refractivity contribution in [3.8, 4) is 0 Å². The lowest BCUT2D eigenvalue weighted by molar-refractivity contribution is -0.159. The van der Waals surface area contributed by atoms with Gasteiger partial charge in [0.25, 0.3) is 0 Å². The van der Waals surface area contributed by atoms with Crippen molar-refractivity contribution >= 4 is 82.5 Å². The lowest BCUT2D eigenvalue weighted by Crippen LogP contribution is -2.65. The molecule has 3 N–H and O–H groups in total. The van der Waals surface area contributed by atoms with Crippen LogP contribution in [0.15, 0.2) is 42.5 Å². The first-order valence-electron chi connectivity index (χ1n) is 36.5. The molecule has 2 aromatic carbocycles. The number of morpholine rings is 1. The minimum Gasteiger partial charge on any atom is -0.377 e. The number of nitrogens with one attached hydrogen (secondary N) is 3. The Labute approximate surface area is 607 Å². The molecule has 4 heterocycles. The van der Waals surface area contributed by atoms with Crippen molar-refractivity contribution in [3.63, 3.8) is 0 Å². The van der Waals surface area contributed by atoms with Crippen LogP contribution in [-0.4, -0.2) is 264 Å². The van der Waals surface area contributed by atoms with Crippen molar-refractivity contribution < 1.29 is 75.4 Å². The molecule has 10 atom stereocenters. The van der Waals surface area contributed by atoms with Crippen LogP contribution in [-0.2, 0) is 81.3 Å². The summed E-state index contributed by atoms with van der Waals surface area (Å²) in [5, 5.41) is 8.13. The molecule has 103 heavy (non-hydrogen) atoms. The van der Waals surface area contributed by atoms with Crippen LogP contribution in [0.2, 0.25) is 5.02 Å². The number of alkyl halides is 3. The molecule has 4 saturated heterocycles. The quantitative estimate of drug-likeness (QED) is 0.263. The zero-order chi connectivity index (χ0) is 75.5. The summed E-state index contributed by atoms with van der Waals surface area (Å²) in [6.45, 7) is 5.96. The second kappa shape index (κ2) is 35.3. The third kappa shape index (κ3) is 19.2. The highest BCUT2D eigenvalue weighted by molar-refractivity contribution is 6.31. The average Bonchev–Trinajstić information content (AvgIpc) is 1.76. The Morgan fingerprint density at radius 1 is 0.641 bits per heavy atom. The van der Waals surface area contributed by atoms with E-state index in [1.54, 1.807) is 24.0 Å². The number of rotatable bonds is 11. The smallest absolute Gasteiger partial charge is 0.377 e. The number of ether oxygens (including phenoxy) is 1. The minimum absolute atomic E-state index is 0.0190. The number of hydrogen-bond acceptors (Lipinski definition) is 13. The highest BCUT2D eigenvalue weighted by atomic mass is 35.5. The number of carbonyl (C=O) groups is 12. The molecule has 1 spiro atoms. The normalized spacial score (nSPS) is 27.2. The molecular formula is C74H106ClF3N12O13. The molecule has 4 aliphatic heterocycles. The van der Waals surface area contributed by atoms with Gasteiger partial charge in [-0.2, -0.15) is 13.2 Å². The van der Waals surface area contributed by atoms with Gasteiger partial charge in [-0.25, -0.2) is 0 Å². The van der Waals surface area contributed by atoms with Crippen molar-refractivity contribution in [1.82, 2.24) is 60.0 Å². The van der Waals surface area contributed by atoms with E-state index >= 15 is 28.8 Å². The number of halogens is 4. The van der Waals surface area contributed by atoms with Crippen LogP contribution < -0.4 is 16.0 Å². The molecule has 0 aromatic heterocycles. The van der Waals surface area contributed by atoms with Gasteiger partial charge in [-0.05, 0) is 113 Å². The molecule has 6 aliphatic rings. The van der Waals surface area contributed by atoms with Crippen molar-refractivity contribution in [2.75, 3.05) is 88.7 Å². The molecular weight excluding hydrogens is 1360 g/mol. The molecule has 29 heteroatoms. The first-order valence-corrected chi connectivity index (χ1v) is 36.9. The van der Waals surface area contributed by atoms with E-state index in [2.05, 4.69) is 16.0 Å². The Morgan fingerprint density at radius 3 is 1.86 bits per heavy atom. The molecule has 2 aromatic rings. The van der Waals surface area contributed by atoms with Crippen LogP contribution in [0.3, 0.4) is 0 Å². The molecule has 12 amide bonds. The van der Waals surface area contributed by atoms with Gasteiger partial charge in [0, 0.05) is 62.3 Å². The van der Waals surface area contributed by atoms with Crippen LogP contribution in [0.4, 0.5) is 13.2 Å². The number of amides is 12. The van der Waals surface area contributed by atoms with E-state index in [0.29, 0.717) is 63.4 Å². The lowest BCUT2D eigenvalue weighted by atomic mass is 9.81. The Bertz CT molecular complexity index is 3430. The standard InChI is InChI=1S/C74H106ClF3N12O13/c1-12-20-55-65(95)80-63(46(4)13-2)70(100)84(7)41-61(93)82(5)42-62(94)86(9)57(38-48-26-24-45(3)25-27-48)68(98)83(6)40-59(91)79-54(33-29-47-28-32-52(53(75)37-47)74(76,77)78)67(97)89-36-19-23-56(89)66(96)81-73(34-17-18-35-73)72(102)88(11)64(49-21-15-14-16-22-49)71(101)87(10)58(39-60(92)85(55)8)69(99)90-50-30-31-51(90)44-103-43-50/h24-28,32,37,46,49-51,54-58,63-64H,12-23,29-31,33-36,38-44H2,1-11H3,(H,79,91)(H,80,95)(H,81,96)/t46-,50?,51?,54-,55-,56-,57-,58-,63-,64-/m0/s1. The van der Waals surface area contributed by atoms with Crippen molar-refractivity contribution in [3.05, 3.63) is 69.7 Å². The zero-order valence-electron chi connectivity index (χ0n) is 61.6. The van der Waals surface area contributed by atoms with E-state index < -0.39 is 173 Å². The Kier molecular flexibility index (Phi) is 27.7. The highest BCUT2D eigenvalue weighted by Crippen LogP contribution is 2.39. The minimum atomic E-state index is -4.77. The van der Waals surface area contributed by atoms with Crippen LogP contribution in [0.25, 0.3) is 0 Å².